The fourth-order valence-electron chi connectivity index (χ4n) is 2.54. The summed E-state index contributed by atoms with van der Waals surface area (Å²) >= 11 is 0. The zero-order valence-electron chi connectivity index (χ0n) is 13.4. The van der Waals surface area contributed by atoms with E-state index in [1.54, 1.807) is 11.9 Å². The van der Waals surface area contributed by atoms with Crippen LogP contribution in [0.1, 0.15) is 19.8 Å². The normalized spacial score (nSPS) is 17.7. The average molecular weight is 366 g/mol. The molecule has 1 fully saturated rings. The van der Waals surface area contributed by atoms with Crippen molar-refractivity contribution in [2.45, 2.75) is 30.7 Å². The van der Waals surface area contributed by atoms with Crippen molar-refractivity contribution in [3.63, 3.8) is 0 Å². The lowest BCUT2D eigenvalue weighted by Crippen LogP contribution is -2.46. The zero-order chi connectivity index (χ0) is 16.2. The highest BCUT2D eigenvalue weighted by molar-refractivity contribution is 7.89. The van der Waals surface area contributed by atoms with Gasteiger partial charge in [0.1, 0.15) is 4.90 Å². The summed E-state index contributed by atoms with van der Waals surface area (Å²) in [5.41, 5.74) is 0. The predicted octanol–water partition coefficient (Wildman–Crippen LogP) is -0.279. The van der Waals surface area contributed by atoms with Gasteiger partial charge >= 0.3 is 0 Å². The number of hydrogen-bond donors (Lipinski definition) is 2. The van der Waals surface area contributed by atoms with E-state index in [2.05, 4.69) is 15.1 Å². The van der Waals surface area contributed by atoms with Gasteiger partial charge in [0.15, 0.2) is 0 Å². The maximum absolute atomic E-state index is 12.4. The Morgan fingerprint density at radius 3 is 2.83 bits per heavy atom. The van der Waals surface area contributed by atoms with E-state index in [1.807, 2.05) is 6.92 Å². The fraction of sp³-hybridized carbons (Fsp3) is 0.692. The second-order valence-corrected chi connectivity index (χ2v) is 7.17. The molecule has 2 rings (SSSR count). The first kappa shape index (κ1) is 19.9. The molecule has 1 aromatic rings. The molecule has 132 valence electrons. The maximum atomic E-state index is 12.4. The van der Waals surface area contributed by atoms with Crippen molar-refractivity contribution in [2.24, 2.45) is 7.05 Å². The summed E-state index contributed by atoms with van der Waals surface area (Å²) in [5.74, 6) is -0.192. The molecule has 0 radical (unpaired) electrons. The van der Waals surface area contributed by atoms with E-state index in [4.69, 9.17) is 0 Å². The Hall–Kier alpha value is -1.16. The Balaban J connectivity index is 0.00000264. The van der Waals surface area contributed by atoms with Crippen LogP contribution in [0.25, 0.3) is 0 Å². The first-order chi connectivity index (χ1) is 10.4. The molecule has 1 saturated heterocycles. The van der Waals surface area contributed by atoms with Gasteiger partial charge in [-0.2, -0.15) is 5.10 Å². The number of halogens is 1. The average Bonchev–Trinajstić information content (AvgIpc) is 3.13. The number of carbonyl (C=O) groups excluding carboxylic acids is 1. The van der Waals surface area contributed by atoms with Crippen molar-refractivity contribution in [2.75, 3.05) is 26.2 Å². The molecule has 0 saturated carbocycles. The van der Waals surface area contributed by atoms with Crippen LogP contribution in [0.2, 0.25) is 0 Å². The van der Waals surface area contributed by atoms with Crippen LogP contribution in [0, 0.1) is 0 Å². The number of nitrogens with zero attached hydrogens (tertiary/aromatic N) is 3. The van der Waals surface area contributed by atoms with E-state index in [9.17, 15) is 13.2 Å². The number of sulfonamides is 1. The van der Waals surface area contributed by atoms with E-state index >= 15 is 0 Å². The van der Waals surface area contributed by atoms with Crippen LogP contribution >= 0.6 is 12.4 Å². The highest BCUT2D eigenvalue weighted by Gasteiger charge is 2.27. The molecule has 1 aliphatic rings. The van der Waals surface area contributed by atoms with Gasteiger partial charge in [0, 0.05) is 32.4 Å². The van der Waals surface area contributed by atoms with Crippen LogP contribution in [0.4, 0.5) is 0 Å². The van der Waals surface area contributed by atoms with Crippen LogP contribution < -0.4 is 10.0 Å². The maximum Gasteiger partial charge on any atom is 0.244 e. The molecule has 1 amide bonds. The molecule has 2 N–H and O–H groups in total. The van der Waals surface area contributed by atoms with Crippen LogP contribution in [0.3, 0.4) is 0 Å². The quantitative estimate of drug-likeness (QED) is 0.692. The van der Waals surface area contributed by atoms with E-state index in [1.165, 1.54) is 17.1 Å². The minimum atomic E-state index is -3.70. The third kappa shape index (κ3) is 5.17. The Morgan fingerprint density at radius 1 is 1.57 bits per heavy atom. The predicted molar refractivity (Wildman–Crippen MR) is 88.9 cm³/mol. The molecule has 1 aromatic heterocycles. The molecule has 1 atom stereocenters. The topological polar surface area (TPSA) is 96.3 Å². The lowest BCUT2D eigenvalue weighted by Gasteiger charge is -2.28. The van der Waals surface area contributed by atoms with Crippen molar-refractivity contribution >= 4 is 28.3 Å². The van der Waals surface area contributed by atoms with Crippen molar-refractivity contribution < 1.29 is 13.2 Å². The van der Waals surface area contributed by atoms with Crippen molar-refractivity contribution in [1.29, 1.82) is 0 Å². The monoisotopic (exact) mass is 365 g/mol. The van der Waals surface area contributed by atoms with Crippen molar-refractivity contribution in [3.05, 3.63) is 12.4 Å². The van der Waals surface area contributed by atoms with E-state index in [-0.39, 0.29) is 35.8 Å². The van der Waals surface area contributed by atoms with Crippen LogP contribution in [-0.2, 0) is 21.9 Å². The third-order valence-electron chi connectivity index (χ3n) is 3.66. The number of aromatic nitrogens is 2. The second kappa shape index (κ2) is 8.62. The van der Waals surface area contributed by atoms with E-state index < -0.39 is 10.0 Å². The summed E-state index contributed by atoms with van der Waals surface area (Å²) in [5, 5.41) is 7.05. The van der Waals surface area contributed by atoms with Gasteiger partial charge in [-0.25, -0.2) is 13.1 Å². The minimum absolute atomic E-state index is 0. The van der Waals surface area contributed by atoms with Crippen LogP contribution in [0.15, 0.2) is 17.3 Å². The highest BCUT2D eigenvalue weighted by atomic mass is 35.5. The molecule has 0 aliphatic carbocycles. The molecule has 1 unspecified atom stereocenters. The number of nitrogens with one attached hydrogen (secondary N) is 2. The van der Waals surface area contributed by atoms with E-state index in [0.29, 0.717) is 6.54 Å². The van der Waals surface area contributed by atoms with Gasteiger partial charge in [0.25, 0.3) is 0 Å². The van der Waals surface area contributed by atoms with Gasteiger partial charge in [0.05, 0.1) is 12.7 Å². The molecule has 0 spiro atoms. The lowest BCUT2D eigenvalue weighted by molar-refractivity contribution is -0.131. The Morgan fingerprint density at radius 2 is 2.30 bits per heavy atom. The number of hydrogen-bond acceptors (Lipinski definition) is 5. The summed E-state index contributed by atoms with van der Waals surface area (Å²) in [4.78, 5) is 14.2. The van der Waals surface area contributed by atoms with Crippen LogP contribution in [0.5, 0.6) is 0 Å². The van der Waals surface area contributed by atoms with Gasteiger partial charge in [-0.05, 0) is 19.4 Å². The molecule has 0 aromatic carbocycles. The van der Waals surface area contributed by atoms with Crippen LogP contribution in [-0.4, -0.2) is 61.2 Å². The van der Waals surface area contributed by atoms with Crippen molar-refractivity contribution in [3.8, 4) is 0 Å². The largest absolute Gasteiger partial charge is 0.337 e. The standard InChI is InChI=1S/C13H23N5O3S.ClH/c1-3-6-18(11-4-5-14-7-11)13(19)9-16-22(20,21)12-8-15-17(2)10-12;/h8,10-11,14,16H,3-7,9H2,1-2H3;1H. The molecule has 10 heteroatoms. The molecule has 8 nitrogen and oxygen atoms in total. The first-order valence-corrected chi connectivity index (χ1v) is 8.91. The molecule has 0 bridgehead atoms. The first-order valence-electron chi connectivity index (χ1n) is 7.42. The third-order valence-corrected chi connectivity index (χ3v) is 5.02. The van der Waals surface area contributed by atoms with Crippen molar-refractivity contribution in [1.82, 2.24) is 24.7 Å². The molecular formula is C13H24ClN5O3S. The number of aryl methyl sites for hydroxylation is 1. The Bertz CT molecular complexity index is 613. The summed E-state index contributed by atoms with van der Waals surface area (Å²) in [7, 11) is -2.06. The molecule has 2 heterocycles. The molecule has 23 heavy (non-hydrogen) atoms. The Kier molecular flexibility index (Phi) is 7.46. The summed E-state index contributed by atoms with van der Waals surface area (Å²) in [6, 6.07) is 0.148. The zero-order valence-corrected chi connectivity index (χ0v) is 15.0. The summed E-state index contributed by atoms with van der Waals surface area (Å²) in [6.07, 6.45) is 4.41. The second-order valence-electron chi connectivity index (χ2n) is 5.41. The summed E-state index contributed by atoms with van der Waals surface area (Å²) in [6.45, 7) is 4.07. The number of carbonyl (C=O) groups is 1. The molecule has 1 aliphatic heterocycles. The van der Waals surface area contributed by atoms with Gasteiger partial charge in [0.2, 0.25) is 15.9 Å². The fourth-order valence-corrected chi connectivity index (χ4v) is 3.49. The number of amides is 1. The highest BCUT2D eigenvalue weighted by Crippen LogP contribution is 2.10. The van der Waals surface area contributed by atoms with Gasteiger partial charge in [-0.3, -0.25) is 9.48 Å². The smallest absolute Gasteiger partial charge is 0.244 e. The lowest BCUT2D eigenvalue weighted by atomic mass is 10.2. The minimum Gasteiger partial charge on any atom is -0.337 e. The van der Waals surface area contributed by atoms with Gasteiger partial charge < -0.3 is 10.2 Å². The summed E-state index contributed by atoms with van der Waals surface area (Å²) < 4.78 is 28.0. The van der Waals surface area contributed by atoms with E-state index in [0.717, 1.165) is 25.9 Å². The number of rotatable bonds is 7. The SMILES string of the molecule is CCCN(C(=O)CNS(=O)(=O)c1cnn(C)c1)C1CCNC1.Cl. The van der Waals surface area contributed by atoms with Gasteiger partial charge in [-0.15, -0.1) is 12.4 Å². The Labute approximate surface area is 143 Å². The van der Waals surface area contributed by atoms with Gasteiger partial charge in [-0.1, -0.05) is 6.92 Å². The molecular weight excluding hydrogens is 342 g/mol.